The molecule has 2 amide bonds. The van der Waals surface area contributed by atoms with Crippen molar-refractivity contribution in [3.05, 3.63) is 106 Å². The first kappa shape index (κ1) is 22.7. The smallest absolute Gasteiger partial charge is 0.270 e. The second-order valence-corrected chi connectivity index (χ2v) is 9.28. The fourth-order valence-corrected chi connectivity index (χ4v) is 4.69. The number of anilines is 1. The van der Waals surface area contributed by atoms with Gasteiger partial charge < -0.3 is 4.57 Å². The Kier molecular flexibility index (Phi) is 5.83. The number of aryl methyl sites for hydroxylation is 2. The Morgan fingerprint density at radius 3 is 2.43 bits per heavy atom. The molecule has 1 aliphatic heterocycles. The SMILES string of the molecule is Cc1ccc(Cn2cc(/C=C3\C(=O)NC(=S)N(c4cccc(C)c4C)C3=O)c3ccccc32)cc1. The number of thiocarbonyl (C=S) groups is 1. The van der Waals surface area contributed by atoms with E-state index in [1.807, 2.05) is 62.5 Å². The molecule has 174 valence electrons. The van der Waals surface area contributed by atoms with Gasteiger partial charge in [0, 0.05) is 29.2 Å². The van der Waals surface area contributed by atoms with Crippen LogP contribution in [0.2, 0.25) is 0 Å². The van der Waals surface area contributed by atoms with Crippen LogP contribution < -0.4 is 10.2 Å². The average Bonchev–Trinajstić information content (AvgIpc) is 3.18. The maximum Gasteiger partial charge on any atom is 0.270 e. The number of nitrogens with one attached hydrogen (secondary N) is 1. The van der Waals surface area contributed by atoms with Crippen LogP contribution in [0.4, 0.5) is 5.69 Å². The third-order valence-corrected chi connectivity index (χ3v) is 6.80. The summed E-state index contributed by atoms with van der Waals surface area (Å²) in [5.74, 6) is -0.917. The van der Waals surface area contributed by atoms with Gasteiger partial charge in [-0.15, -0.1) is 0 Å². The van der Waals surface area contributed by atoms with Crippen molar-refractivity contribution < 1.29 is 9.59 Å². The van der Waals surface area contributed by atoms with Crippen molar-refractivity contribution in [2.75, 3.05) is 4.90 Å². The summed E-state index contributed by atoms with van der Waals surface area (Å²) in [5.41, 5.74) is 6.93. The van der Waals surface area contributed by atoms with E-state index in [9.17, 15) is 9.59 Å². The Bertz CT molecular complexity index is 1530. The Morgan fingerprint density at radius 2 is 1.66 bits per heavy atom. The second kappa shape index (κ2) is 8.96. The van der Waals surface area contributed by atoms with Crippen molar-refractivity contribution in [2.45, 2.75) is 27.3 Å². The van der Waals surface area contributed by atoms with Crippen LogP contribution >= 0.6 is 12.2 Å². The largest absolute Gasteiger partial charge is 0.342 e. The lowest BCUT2D eigenvalue weighted by Gasteiger charge is -2.30. The van der Waals surface area contributed by atoms with Gasteiger partial charge in [0.1, 0.15) is 5.57 Å². The van der Waals surface area contributed by atoms with Gasteiger partial charge in [-0.25, -0.2) is 0 Å². The van der Waals surface area contributed by atoms with Gasteiger partial charge in [0.2, 0.25) is 0 Å². The number of aromatic nitrogens is 1. The lowest BCUT2D eigenvalue weighted by molar-refractivity contribution is -0.122. The Morgan fingerprint density at radius 1 is 0.914 bits per heavy atom. The molecule has 0 unspecified atom stereocenters. The van der Waals surface area contributed by atoms with Crippen LogP contribution in [-0.2, 0) is 16.1 Å². The molecule has 0 bridgehead atoms. The first-order valence-corrected chi connectivity index (χ1v) is 11.9. The Balaban J connectivity index is 1.58. The van der Waals surface area contributed by atoms with E-state index in [-0.39, 0.29) is 10.7 Å². The van der Waals surface area contributed by atoms with E-state index in [1.54, 1.807) is 6.08 Å². The molecule has 4 aromatic rings. The summed E-state index contributed by atoms with van der Waals surface area (Å²) in [7, 11) is 0. The normalized spacial score (nSPS) is 15.2. The van der Waals surface area contributed by atoms with E-state index in [0.29, 0.717) is 12.2 Å². The maximum absolute atomic E-state index is 13.6. The summed E-state index contributed by atoms with van der Waals surface area (Å²) >= 11 is 5.39. The molecule has 1 fully saturated rings. The van der Waals surface area contributed by atoms with Crippen molar-refractivity contribution in [1.82, 2.24) is 9.88 Å². The minimum absolute atomic E-state index is 0.0535. The van der Waals surface area contributed by atoms with Crippen molar-refractivity contribution in [3.8, 4) is 0 Å². The van der Waals surface area contributed by atoms with Crippen molar-refractivity contribution >= 4 is 51.8 Å². The third-order valence-electron chi connectivity index (χ3n) is 6.51. The van der Waals surface area contributed by atoms with Crippen LogP contribution in [0.3, 0.4) is 0 Å². The highest BCUT2D eigenvalue weighted by atomic mass is 32.1. The molecule has 5 nitrogen and oxygen atoms in total. The number of benzene rings is 3. The fraction of sp³-hybridized carbons (Fsp3) is 0.138. The summed E-state index contributed by atoms with van der Waals surface area (Å²) in [4.78, 5) is 27.9. The first-order chi connectivity index (χ1) is 16.8. The summed E-state index contributed by atoms with van der Waals surface area (Å²) < 4.78 is 2.14. The lowest BCUT2D eigenvalue weighted by Crippen LogP contribution is -2.54. The van der Waals surface area contributed by atoms with Gasteiger partial charge in [0.15, 0.2) is 5.11 Å². The summed E-state index contributed by atoms with van der Waals surface area (Å²) in [6.45, 7) is 6.68. The molecule has 0 saturated carbocycles. The van der Waals surface area contributed by atoms with E-state index < -0.39 is 11.8 Å². The molecule has 1 aromatic heterocycles. The van der Waals surface area contributed by atoms with Crippen molar-refractivity contribution in [3.63, 3.8) is 0 Å². The molecular formula is C29H25N3O2S. The van der Waals surface area contributed by atoms with Gasteiger partial charge in [-0.05, 0) is 67.9 Å². The summed E-state index contributed by atoms with van der Waals surface area (Å²) in [5, 5.41) is 3.76. The second-order valence-electron chi connectivity index (χ2n) is 8.89. The molecular weight excluding hydrogens is 454 g/mol. The van der Waals surface area contributed by atoms with Crippen molar-refractivity contribution in [2.24, 2.45) is 0 Å². The molecule has 1 saturated heterocycles. The van der Waals surface area contributed by atoms with Gasteiger partial charge in [0.25, 0.3) is 11.8 Å². The first-order valence-electron chi connectivity index (χ1n) is 11.4. The van der Waals surface area contributed by atoms with Gasteiger partial charge >= 0.3 is 0 Å². The number of amides is 2. The highest BCUT2D eigenvalue weighted by Crippen LogP contribution is 2.29. The predicted octanol–water partition coefficient (Wildman–Crippen LogP) is 5.45. The maximum atomic E-state index is 13.6. The minimum atomic E-state index is -0.489. The zero-order valence-corrected chi connectivity index (χ0v) is 20.6. The Hall–Kier alpha value is -4.03. The van der Waals surface area contributed by atoms with Crippen molar-refractivity contribution in [1.29, 1.82) is 0 Å². The molecule has 35 heavy (non-hydrogen) atoms. The standard InChI is InChI=1S/C29H25N3O2S/c1-18-11-13-21(14-12-18)16-31-17-22(23-8-4-5-9-26(23)31)15-24-27(33)30-29(35)32(28(24)34)25-10-6-7-19(2)20(25)3/h4-15,17H,16H2,1-3H3,(H,30,33,35)/b24-15+. The number of hydrogen-bond donors (Lipinski definition) is 1. The molecule has 1 aliphatic rings. The van der Waals surface area contributed by atoms with Crippen LogP contribution in [0.1, 0.15) is 27.8 Å². The Labute approximate surface area is 209 Å². The van der Waals surface area contributed by atoms with Crippen LogP contribution in [0.25, 0.3) is 17.0 Å². The monoisotopic (exact) mass is 479 g/mol. The van der Waals surface area contributed by atoms with Crippen LogP contribution in [-0.4, -0.2) is 21.5 Å². The summed E-state index contributed by atoms with van der Waals surface area (Å²) in [6.07, 6.45) is 3.67. The topological polar surface area (TPSA) is 54.3 Å². The zero-order chi connectivity index (χ0) is 24.7. The number of hydrogen-bond acceptors (Lipinski definition) is 3. The minimum Gasteiger partial charge on any atom is -0.342 e. The number of carbonyl (C=O) groups is 2. The number of nitrogens with zero attached hydrogens (tertiary/aromatic N) is 2. The zero-order valence-electron chi connectivity index (χ0n) is 19.8. The molecule has 1 N–H and O–H groups in total. The highest BCUT2D eigenvalue weighted by molar-refractivity contribution is 7.80. The van der Waals surface area contributed by atoms with Crippen LogP contribution in [0.5, 0.6) is 0 Å². The average molecular weight is 480 g/mol. The lowest BCUT2D eigenvalue weighted by atomic mass is 10.0. The molecule has 0 atom stereocenters. The molecule has 6 heteroatoms. The van der Waals surface area contributed by atoms with Crippen LogP contribution in [0, 0.1) is 20.8 Å². The van der Waals surface area contributed by atoms with E-state index in [1.165, 1.54) is 16.0 Å². The molecule has 0 spiro atoms. The number of rotatable bonds is 4. The van der Waals surface area contributed by atoms with E-state index in [0.717, 1.165) is 27.6 Å². The number of carbonyl (C=O) groups excluding carboxylic acids is 2. The number of para-hydroxylation sites is 1. The van der Waals surface area contributed by atoms with E-state index in [4.69, 9.17) is 12.2 Å². The fourth-order valence-electron chi connectivity index (χ4n) is 4.42. The molecule has 2 heterocycles. The van der Waals surface area contributed by atoms with Crippen LogP contribution in [0.15, 0.2) is 78.5 Å². The van der Waals surface area contributed by atoms with Gasteiger partial charge in [-0.2, -0.15) is 0 Å². The third kappa shape index (κ3) is 4.17. The quantitative estimate of drug-likeness (QED) is 0.241. The molecule has 3 aromatic carbocycles. The van der Waals surface area contributed by atoms with Gasteiger partial charge in [0.05, 0.1) is 5.69 Å². The van der Waals surface area contributed by atoms with Gasteiger partial charge in [-0.1, -0.05) is 60.2 Å². The predicted molar refractivity (Wildman–Crippen MR) is 144 cm³/mol. The highest BCUT2D eigenvalue weighted by Gasteiger charge is 2.35. The molecule has 0 radical (unpaired) electrons. The van der Waals surface area contributed by atoms with E-state index >= 15 is 0 Å². The molecule has 5 rings (SSSR count). The number of fused-ring (bicyclic) bond motifs is 1. The van der Waals surface area contributed by atoms with E-state index in [2.05, 4.69) is 41.1 Å². The summed E-state index contributed by atoms with van der Waals surface area (Å²) in [6, 6.07) is 22.1. The van der Waals surface area contributed by atoms with Gasteiger partial charge in [-0.3, -0.25) is 19.8 Å². The molecule has 0 aliphatic carbocycles.